The minimum Gasteiger partial charge on any atom is -0.481 e. The first-order chi connectivity index (χ1) is 4.54. The van der Waals surface area contributed by atoms with Crippen LogP contribution >= 0.6 is 0 Å². The summed E-state index contributed by atoms with van der Waals surface area (Å²) in [6.45, 7) is 0. The standard InChI is InChI=1S/C5H8O5/c6-3(5(9)10)1-2-4(7)8/h3,6H,1-2H2,(H,7,8)(H,9,10)/t3-/m1/s1/i1+1,2+1,3+1,4+1,5+1. The van der Waals surface area contributed by atoms with E-state index >= 15 is 0 Å². The number of aliphatic carboxylic acids is 2. The maximum atomic E-state index is 9.87. The molecule has 0 aliphatic carbocycles. The second kappa shape index (κ2) is 3.84. The third-order valence-electron chi connectivity index (χ3n) is 0.917. The van der Waals surface area contributed by atoms with Crippen LogP contribution in [0, 0.1) is 0 Å². The van der Waals surface area contributed by atoms with E-state index in [9.17, 15) is 9.59 Å². The quantitative estimate of drug-likeness (QED) is 0.464. The zero-order valence-corrected chi connectivity index (χ0v) is 5.15. The van der Waals surface area contributed by atoms with Crippen molar-refractivity contribution in [2.45, 2.75) is 18.9 Å². The van der Waals surface area contributed by atoms with Crippen molar-refractivity contribution in [1.82, 2.24) is 0 Å². The molecule has 0 heterocycles. The van der Waals surface area contributed by atoms with Gasteiger partial charge in [0.15, 0.2) is 6.10 Å². The second-order valence-electron chi connectivity index (χ2n) is 1.79. The monoisotopic (exact) mass is 153 g/mol. The summed E-state index contributed by atoms with van der Waals surface area (Å²) in [7, 11) is 0. The Morgan fingerprint density at radius 2 is 1.80 bits per heavy atom. The third kappa shape index (κ3) is 3.85. The highest BCUT2D eigenvalue weighted by atomic mass is 16.5. The van der Waals surface area contributed by atoms with Gasteiger partial charge in [0.1, 0.15) is 0 Å². The van der Waals surface area contributed by atoms with Crippen molar-refractivity contribution < 1.29 is 24.9 Å². The lowest BCUT2D eigenvalue weighted by Gasteiger charge is -2.00. The summed E-state index contributed by atoms with van der Waals surface area (Å²) >= 11 is 0. The third-order valence-corrected chi connectivity index (χ3v) is 0.917. The Labute approximate surface area is 56.9 Å². The largest absolute Gasteiger partial charge is 0.481 e. The van der Waals surface area contributed by atoms with Gasteiger partial charge in [-0.1, -0.05) is 0 Å². The van der Waals surface area contributed by atoms with Crippen molar-refractivity contribution >= 4 is 11.9 Å². The number of carboxylic acids is 2. The molecule has 0 spiro atoms. The van der Waals surface area contributed by atoms with Crippen LogP contribution in [0.15, 0.2) is 0 Å². The van der Waals surface area contributed by atoms with Gasteiger partial charge in [0.25, 0.3) is 0 Å². The Morgan fingerprint density at radius 1 is 1.30 bits per heavy atom. The molecule has 0 aromatic heterocycles. The first kappa shape index (κ1) is 8.90. The Hall–Kier alpha value is -1.10. The number of carbonyl (C=O) groups is 2. The van der Waals surface area contributed by atoms with E-state index in [2.05, 4.69) is 0 Å². The van der Waals surface area contributed by atoms with Gasteiger partial charge in [0, 0.05) is 6.42 Å². The summed E-state index contributed by atoms with van der Waals surface area (Å²) in [6.07, 6.45) is -2.13. The van der Waals surface area contributed by atoms with Crippen molar-refractivity contribution in [3.8, 4) is 0 Å². The molecule has 10 heavy (non-hydrogen) atoms. The Morgan fingerprint density at radius 3 is 2.10 bits per heavy atom. The Kier molecular flexibility index (Phi) is 3.42. The molecule has 58 valence electrons. The van der Waals surface area contributed by atoms with Gasteiger partial charge >= 0.3 is 11.9 Å². The number of hydrogen-bond donors (Lipinski definition) is 3. The van der Waals surface area contributed by atoms with Gasteiger partial charge in [0.05, 0.1) is 0 Å². The molecule has 0 bridgehead atoms. The van der Waals surface area contributed by atoms with Crippen molar-refractivity contribution in [2.24, 2.45) is 0 Å². The average molecular weight is 153 g/mol. The second-order valence-corrected chi connectivity index (χ2v) is 1.79. The zero-order chi connectivity index (χ0) is 8.15. The molecule has 0 saturated carbocycles. The van der Waals surface area contributed by atoms with Crippen LogP contribution in [-0.4, -0.2) is 33.4 Å². The average Bonchev–Trinajstić information content (AvgIpc) is 1.82. The molecule has 0 aliphatic rings. The SMILES string of the molecule is O=[13C](O)[13CH2][13CH2][13C@@H](O)[13C](=O)O. The predicted octanol–water partition coefficient (Wildman–Crippen LogP) is -0.703. The number of aliphatic hydroxyl groups is 1. The molecule has 5 nitrogen and oxygen atoms in total. The normalized spacial score (nSPS) is 12.5. The van der Waals surface area contributed by atoms with Gasteiger partial charge in [-0.05, 0) is 6.42 Å². The molecule has 3 N–H and O–H groups in total. The molecule has 0 amide bonds. The number of rotatable bonds is 4. The lowest BCUT2D eigenvalue weighted by atomic mass is 11.2. The number of aliphatic hydroxyl groups excluding tert-OH is 1. The van der Waals surface area contributed by atoms with Crippen LogP contribution in [-0.2, 0) is 9.59 Å². The van der Waals surface area contributed by atoms with Crippen LogP contribution in [0.2, 0.25) is 0 Å². The summed E-state index contributed by atoms with van der Waals surface area (Å²) in [5.41, 5.74) is 0. The van der Waals surface area contributed by atoms with Gasteiger partial charge in [-0.25, -0.2) is 4.79 Å². The van der Waals surface area contributed by atoms with Crippen LogP contribution in [0.4, 0.5) is 0 Å². The van der Waals surface area contributed by atoms with E-state index in [1.807, 2.05) is 0 Å². The molecule has 0 rings (SSSR count). The first-order valence-electron chi connectivity index (χ1n) is 2.66. The van der Waals surface area contributed by atoms with E-state index in [-0.39, 0.29) is 12.8 Å². The molecule has 0 aromatic carbocycles. The van der Waals surface area contributed by atoms with E-state index in [0.29, 0.717) is 0 Å². The summed E-state index contributed by atoms with van der Waals surface area (Å²) in [6, 6.07) is 0. The predicted molar refractivity (Wildman–Crippen MR) is 30.5 cm³/mol. The molecule has 0 radical (unpaired) electrons. The van der Waals surface area contributed by atoms with E-state index in [1.54, 1.807) is 0 Å². The fraction of sp³-hybridized carbons (Fsp3) is 0.600. The highest BCUT2D eigenvalue weighted by Gasteiger charge is 2.13. The Bertz CT molecular complexity index is 141. The molecule has 1 atom stereocenters. The molecule has 5 heteroatoms. The van der Waals surface area contributed by atoms with Gasteiger partial charge in [-0.15, -0.1) is 0 Å². The highest BCUT2D eigenvalue weighted by Crippen LogP contribution is 1.95. The zero-order valence-electron chi connectivity index (χ0n) is 5.15. The maximum absolute atomic E-state index is 9.87. The van der Waals surface area contributed by atoms with Gasteiger partial charge < -0.3 is 15.3 Å². The number of carboxylic acid groups (broad SMARTS) is 2. The minimum atomic E-state index is -1.56. The van der Waals surface area contributed by atoms with Crippen LogP contribution in [0.25, 0.3) is 0 Å². The molecular formula is C5H8O5. The fourth-order valence-electron chi connectivity index (χ4n) is 0.384. The smallest absolute Gasteiger partial charge is 0.332 e. The van der Waals surface area contributed by atoms with E-state index in [1.165, 1.54) is 0 Å². The summed E-state index contributed by atoms with van der Waals surface area (Å²) < 4.78 is 0. The van der Waals surface area contributed by atoms with Gasteiger partial charge in [-0.2, -0.15) is 0 Å². The maximum Gasteiger partial charge on any atom is 0.332 e. The molecular weight excluding hydrogens is 145 g/mol. The molecule has 0 saturated heterocycles. The van der Waals surface area contributed by atoms with Gasteiger partial charge in [0.2, 0.25) is 0 Å². The van der Waals surface area contributed by atoms with Crippen molar-refractivity contribution in [2.75, 3.05) is 0 Å². The lowest BCUT2D eigenvalue weighted by Crippen LogP contribution is -2.20. The van der Waals surface area contributed by atoms with Gasteiger partial charge in [-0.3, -0.25) is 4.79 Å². The van der Waals surface area contributed by atoms with Crippen LogP contribution in [0.3, 0.4) is 0 Å². The van der Waals surface area contributed by atoms with E-state index in [0.717, 1.165) is 0 Å². The van der Waals surface area contributed by atoms with Crippen molar-refractivity contribution in [3.05, 3.63) is 0 Å². The molecule has 0 aromatic rings. The van der Waals surface area contributed by atoms with Crippen LogP contribution < -0.4 is 0 Å². The molecule has 0 fully saturated rings. The summed E-state index contributed by atoms with van der Waals surface area (Å²) in [5, 5.41) is 24.6. The van der Waals surface area contributed by atoms with Crippen LogP contribution in [0.5, 0.6) is 0 Å². The molecule has 0 aliphatic heterocycles. The minimum absolute atomic E-state index is 0.245. The molecule has 0 unspecified atom stereocenters. The van der Waals surface area contributed by atoms with Crippen molar-refractivity contribution in [1.29, 1.82) is 0 Å². The van der Waals surface area contributed by atoms with E-state index in [4.69, 9.17) is 15.3 Å². The Balaban J connectivity index is 3.49. The number of hydrogen-bond acceptors (Lipinski definition) is 3. The first-order valence-corrected chi connectivity index (χ1v) is 2.66. The summed E-state index contributed by atoms with van der Waals surface area (Å²) in [4.78, 5) is 19.7. The fourth-order valence-corrected chi connectivity index (χ4v) is 0.384. The van der Waals surface area contributed by atoms with Crippen LogP contribution in [0.1, 0.15) is 12.8 Å². The van der Waals surface area contributed by atoms with Crippen molar-refractivity contribution in [3.63, 3.8) is 0 Å². The topological polar surface area (TPSA) is 94.8 Å². The van der Waals surface area contributed by atoms with E-state index < -0.39 is 18.0 Å². The highest BCUT2D eigenvalue weighted by molar-refractivity contribution is 5.73. The lowest BCUT2D eigenvalue weighted by molar-refractivity contribution is -0.147. The summed E-state index contributed by atoms with van der Waals surface area (Å²) in [5.74, 6) is -2.50.